The third kappa shape index (κ3) is 4.76. The molecule has 166 valence electrons. The molecule has 1 aliphatic rings. The average Bonchev–Trinajstić information content (AvgIpc) is 3.12. The van der Waals surface area contributed by atoms with Crippen LogP contribution >= 0.6 is 0 Å². The lowest BCUT2D eigenvalue weighted by Gasteiger charge is -2.31. The minimum Gasteiger partial charge on any atom is -0.494 e. The smallest absolute Gasteiger partial charge is 0.211 e. The molecule has 1 fully saturated rings. The summed E-state index contributed by atoms with van der Waals surface area (Å²) in [5.74, 6) is 0.918. The standard InChI is InChI=1S/C23H30N4O3S/c1-16-13-20-21(18-5-3-11-27(15-18)31(2,28)29)22(26-23(20)25-14-16)17-6-8-19(9-7-17)30-12-4-10-24/h6-9,13-14,18H,3-5,10-12,15,24H2,1-2H3,(H,25,26). The van der Waals surface area contributed by atoms with Gasteiger partial charge in [-0.3, -0.25) is 0 Å². The highest BCUT2D eigenvalue weighted by Gasteiger charge is 2.30. The van der Waals surface area contributed by atoms with Crippen molar-refractivity contribution in [3.63, 3.8) is 0 Å². The molecule has 1 unspecified atom stereocenters. The lowest BCUT2D eigenvalue weighted by Crippen LogP contribution is -2.38. The fourth-order valence-electron chi connectivity index (χ4n) is 4.32. The highest BCUT2D eigenvalue weighted by molar-refractivity contribution is 7.88. The Bertz CT molecular complexity index is 1160. The number of nitrogens with zero attached hydrogens (tertiary/aromatic N) is 2. The van der Waals surface area contributed by atoms with Crippen LogP contribution in [0.2, 0.25) is 0 Å². The van der Waals surface area contributed by atoms with Crippen LogP contribution in [-0.4, -0.2) is 55.2 Å². The van der Waals surface area contributed by atoms with Crippen LogP contribution in [0.4, 0.5) is 0 Å². The molecule has 31 heavy (non-hydrogen) atoms. The van der Waals surface area contributed by atoms with Crippen molar-refractivity contribution in [2.24, 2.45) is 5.73 Å². The van der Waals surface area contributed by atoms with E-state index in [2.05, 4.69) is 16.0 Å². The molecule has 0 aliphatic carbocycles. The summed E-state index contributed by atoms with van der Waals surface area (Å²) in [5.41, 5.74) is 10.6. The Kier molecular flexibility index (Phi) is 6.31. The predicted molar refractivity (Wildman–Crippen MR) is 124 cm³/mol. The van der Waals surface area contributed by atoms with E-state index in [1.807, 2.05) is 37.4 Å². The Morgan fingerprint density at radius 1 is 1.29 bits per heavy atom. The Hall–Kier alpha value is -2.42. The van der Waals surface area contributed by atoms with Crippen molar-refractivity contribution >= 4 is 21.1 Å². The van der Waals surface area contributed by atoms with Gasteiger partial charge in [-0.15, -0.1) is 0 Å². The number of aryl methyl sites for hydroxylation is 1. The number of nitrogens with two attached hydrogens (primary N) is 1. The predicted octanol–water partition coefficient (Wildman–Crippen LogP) is 3.40. The summed E-state index contributed by atoms with van der Waals surface area (Å²) in [7, 11) is -3.22. The SMILES string of the molecule is Cc1cnc2[nH]c(-c3ccc(OCCCN)cc3)c(C3CCCN(S(C)(=O)=O)C3)c2c1. The molecule has 0 bridgehead atoms. The summed E-state index contributed by atoms with van der Waals surface area (Å²) >= 11 is 0. The summed E-state index contributed by atoms with van der Waals surface area (Å²) in [6.07, 6.45) is 5.75. The number of pyridine rings is 1. The highest BCUT2D eigenvalue weighted by atomic mass is 32.2. The zero-order valence-corrected chi connectivity index (χ0v) is 18.9. The number of nitrogens with one attached hydrogen (secondary N) is 1. The van der Waals surface area contributed by atoms with E-state index in [1.165, 1.54) is 6.26 Å². The van der Waals surface area contributed by atoms with Gasteiger partial charge < -0.3 is 15.5 Å². The van der Waals surface area contributed by atoms with E-state index in [4.69, 9.17) is 10.5 Å². The Morgan fingerprint density at radius 2 is 2.06 bits per heavy atom. The van der Waals surface area contributed by atoms with Crippen molar-refractivity contribution in [1.82, 2.24) is 14.3 Å². The first-order valence-electron chi connectivity index (χ1n) is 10.7. The molecule has 1 saturated heterocycles. The Morgan fingerprint density at radius 3 is 2.77 bits per heavy atom. The van der Waals surface area contributed by atoms with Crippen LogP contribution < -0.4 is 10.5 Å². The molecule has 4 rings (SSSR count). The molecule has 3 N–H and O–H groups in total. The second-order valence-electron chi connectivity index (χ2n) is 8.30. The monoisotopic (exact) mass is 442 g/mol. The molecule has 0 saturated carbocycles. The summed E-state index contributed by atoms with van der Waals surface area (Å²) in [6, 6.07) is 10.1. The molecule has 3 aromatic rings. The lowest BCUT2D eigenvalue weighted by atomic mass is 9.88. The first-order valence-corrected chi connectivity index (χ1v) is 12.6. The molecule has 1 aliphatic heterocycles. The summed E-state index contributed by atoms with van der Waals surface area (Å²) in [6.45, 7) is 4.31. The Balaban J connectivity index is 1.74. The van der Waals surface area contributed by atoms with Crippen molar-refractivity contribution < 1.29 is 13.2 Å². The van der Waals surface area contributed by atoms with Gasteiger partial charge in [0.1, 0.15) is 11.4 Å². The summed E-state index contributed by atoms with van der Waals surface area (Å²) in [5, 5.41) is 1.07. The molecule has 0 amide bonds. The van der Waals surface area contributed by atoms with Gasteiger partial charge in [0.15, 0.2) is 0 Å². The van der Waals surface area contributed by atoms with Gasteiger partial charge in [0.2, 0.25) is 10.0 Å². The molecule has 7 nitrogen and oxygen atoms in total. The van der Waals surface area contributed by atoms with Crippen molar-refractivity contribution in [2.75, 3.05) is 32.5 Å². The zero-order valence-electron chi connectivity index (χ0n) is 18.1. The van der Waals surface area contributed by atoms with Crippen LogP contribution in [-0.2, 0) is 10.0 Å². The zero-order chi connectivity index (χ0) is 22.0. The van der Waals surface area contributed by atoms with Crippen molar-refractivity contribution in [3.05, 3.63) is 47.7 Å². The van der Waals surface area contributed by atoms with E-state index < -0.39 is 10.0 Å². The maximum absolute atomic E-state index is 12.2. The second-order valence-corrected chi connectivity index (χ2v) is 10.3. The minimum atomic E-state index is -3.22. The van der Waals surface area contributed by atoms with Crippen LogP contribution in [0.5, 0.6) is 5.75 Å². The number of fused-ring (bicyclic) bond motifs is 1. The minimum absolute atomic E-state index is 0.108. The van der Waals surface area contributed by atoms with Gasteiger partial charge in [-0.1, -0.05) is 0 Å². The number of benzene rings is 1. The van der Waals surface area contributed by atoms with E-state index in [0.29, 0.717) is 26.2 Å². The van der Waals surface area contributed by atoms with Crippen molar-refractivity contribution in [2.45, 2.75) is 32.1 Å². The van der Waals surface area contributed by atoms with Crippen molar-refractivity contribution in [3.8, 4) is 17.0 Å². The van der Waals surface area contributed by atoms with E-state index >= 15 is 0 Å². The van der Waals surface area contributed by atoms with Gasteiger partial charge in [-0.2, -0.15) is 0 Å². The van der Waals surface area contributed by atoms with Crippen LogP contribution in [0.15, 0.2) is 36.5 Å². The second kappa shape index (κ2) is 8.98. The van der Waals surface area contributed by atoms with E-state index in [-0.39, 0.29) is 5.92 Å². The van der Waals surface area contributed by atoms with Crippen LogP contribution in [0, 0.1) is 6.92 Å². The number of aromatic amines is 1. The topological polar surface area (TPSA) is 101 Å². The number of hydrogen-bond acceptors (Lipinski definition) is 5. The summed E-state index contributed by atoms with van der Waals surface area (Å²) in [4.78, 5) is 8.09. The van der Waals surface area contributed by atoms with Gasteiger partial charge in [0, 0.05) is 30.6 Å². The molecule has 0 radical (unpaired) electrons. The van der Waals surface area contributed by atoms with E-state index in [1.54, 1.807) is 4.31 Å². The van der Waals surface area contributed by atoms with Crippen molar-refractivity contribution in [1.29, 1.82) is 0 Å². The molecule has 1 aromatic carbocycles. The van der Waals surface area contributed by atoms with Crippen LogP contribution in [0.1, 0.15) is 36.3 Å². The van der Waals surface area contributed by atoms with Gasteiger partial charge >= 0.3 is 0 Å². The van der Waals surface area contributed by atoms with Gasteiger partial charge in [-0.05, 0) is 79.8 Å². The summed E-state index contributed by atoms with van der Waals surface area (Å²) < 4.78 is 31.7. The number of aromatic nitrogens is 2. The number of ether oxygens (including phenoxy) is 1. The third-order valence-electron chi connectivity index (χ3n) is 5.85. The molecule has 8 heteroatoms. The Labute approximate surface area is 183 Å². The largest absolute Gasteiger partial charge is 0.494 e. The van der Waals surface area contributed by atoms with Gasteiger partial charge in [0.25, 0.3) is 0 Å². The maximum Gasteiger partial charge on any atom is 0.211 e. The van der Waals surface area contributed by atoms with Crippen LogP contribution in [0.3, 0.4) is 0 Å². The van der Waals surface area contributed by atoms with E-state index in [0.717, 1.165) is 58.4 Å². The molecule has 1 atom stereocenters. The van der Waals surface area contributed by atoms with E-state index in [9.17, 15) is 8.42 Å². The van der Waals surface area contributed by atoms with Gasteiger partial charge in [-0.25, -0.2) is 17.7 Å². The number of H-pyrrole nitrogens is 1. The fraction of sp³-hybridized carbons (Fsp3) is 0.435. The first-order chi connectivity index (χ1) is 14.9. The van der Waals surface area contributed by atoms with Crippen LogP contribution in [0.25, 0.3) is 22.3 Å². The molecular weight excluding hydrogens is 412 g/mol. The molecule has 0 spiro atoms. The maximum atomic E-state index is 12.2. The normalized spacial score (nSPS) is 17.8. The van der Waals surface area contributed by atoms with Gasteiger partial charge in [0.05, 0.1) is 18.6 Å². The molecule has 3 heterocycles. The number of sulfonamides is 1. The lowest BCUT2D eigenvalue weighted by molar-refractivity contribution is 0.313. The molecule has 2 aromatic heterocycles. The fourth-order valence-corrected chi connectivity index (χ4v) is 5.23. The average molecular weight is 443 g/mol. The number of piperidine rings is 1. The number of rotatable bonds is 7. The third-order valence-corrected chi connectivity index (χ3v) is 7.12. The quantitative estimate of drug-likeness (QED) is 0.546. The first kappa shape index (κ1) is 21.8. The molecular formula is C23H30N4O3S. The highest BCUT2D eigenvalue weighted by Crippen LogP contribution is 2.40. The number of hydrogen-bond donors (Lipinski definition) is 2.